The van der Waals surface area contributed by atoms with Crippen molar-refractivity contribution in [1.29, 1.82) is 0 Å². The van der Waals surface area contributed by atoms with Crippen molar-refractivity contribution >= 4 is 57.0 Å². The van der Waals surface area contributed by atoms with Crippen molar-refractivity contribution in [3.05, 3.63) is 120 Å². The van der Waals surface area contributed by atoms with Crippen LogP contribution in [-0.2, 0) is 54.5 Å². The van der Waals surface area contributed by atoms with Crippen molar-refractivity contribution in [3.8, 4) is 5.75 Å². The van der Waals surface area contributed by atoms with E-state index in [0.29, 0.717) is 23.2 Å². The molecule has 2 unspecified atom stereocenters. The van der Waals surface area contributed by atoms with Gasteiger partial charge in [-0.05, 0) is 74.1 Å². The van der Waals surface area contributed by atoms with Crippen LogP contribution in [0.3, 0.4) is 0 Å². The molecule has 65 heavy (non-hydrogen) atoms. The van der Waals surface area contributed by atoms with Crippen molar-refractivity contribution in [1.82, 2.24) is 52.1 Å². The summed E-state index contributed by atoms with van der Waals surface area (Å²) in [5, 5.41) is 33.0. The number of fused-ring (bicyclic) bond motifs is 2. The number of nitrogens with zero attached hydrogens (tertiary/aromatic N) is 1. The molecule has 3 aromatic heterocycles. The molecule has 1 fully saturated rings. The van der Waals surface area contributed by atoms with Crippen LogP contribution in [0.15, 0.2) is 91.5 Å². The molecule has 11 N–H and O–H groups in total. The van der Waals surface area contributed by atoms with Crippen molar-refractivity contribution < 1.29 is 39.0 Å². The Morgan fingerprint density at radius 1 is 0.769 bits per heavy atom. The first kappa shape index (κ1) is 45.9. The van der Waals surface area contributed by atoms with Gasteiger partial charge in [-0.15, -0.1) is 0 Å². The lowest BCUT2D eigenvalue weighted by Gasteiger charge is -2.26. The first-order chi connectivity index (χ1) is 31.3. The molecule has 0 saturated carbocycles. The Kier molecular flexibility index (Phi) is 14.8. The van der Waals surface area contributed by atoms with Gasteiger partial charge in [0.25, 0.3) is 0 Å². The first-order valence-electron chi connectivity index (χ1n) is 21.6. The van der Waals surface area contributed by atoms with Gasteiger partial charge in [0.1, 0.15) is 23.9 Å². The maximum atomic E-state index is 14.3. The molecule has 0 bridgehead atoms. The highest BCUT2D eigenvalue weighted by molar-refractivity contribution is 6.06. The molecule has 4 heterocycles. The number of aliphatic hydroxyl groups is 1. The lowest BCUT2D eigenvalue weighted by Crippen LogP contribution is -2.60. The standard InChI is InChI=1S/C47H54N10O8/c1-26(17-34-27(2)51-36-10-6-4-8-33(34)36)56-57-40(18-28-11-13-31(59)14-12-28)46(64)55-41(24-58)47(65)54-39(19-29-22-49-35-9-5-3-7-32(29)35)45(63)53-38(20-30-23-48-25-50-30)43(61)21-42(60)37-15-16-44(62)52-37/h3-14,22-23,25-26,37-41,49,51,56-59H,15-21,24H2,1-2H3,(H,48,50)(H,52,62)(H,53,63)(H,54,65)(H,55,64)/t26?,37?,38-,39-,40-,41-/m0/s1. The summed E-state index contributed by atoms with van der Waals surface area (Å²) in [5.41, 5.74) is 12.1. The minimum absolute atomic E-state index is 0.0520. The zero-order valence-electron chi connectivity index (χ0n) is 36.1. The summed E-state index contributed by atoms with van der Waals surface area (Å²) in [6.45, 7) is 3.15. The number of imidazole rings is 1. The smallest absolute Gasteiger partial charge is 0.245 e. The van der Waals surface area contributed by atoms with E-state index >= 15 is 0 Å². The molecule has 1 saturated heterocycles. The van der Waals surface area contributed by atoms with Gasteiger partial charge in [-0.1, -0.05) is 48.5 Å². The van der Waals surface area contributed by atoms with E-state index in [1.165, 1.54) is 18.5 Å². The maximum Gasteiger partial charge on any atom is 0.245 e. The summed E-state index contributed by atoms with van der Waals surface area (Å²) in [7, 11) is 0. The van der Waals surface area contributed by atoms with E-state index in [2.05, 4.69) is 52.1 Å². The van der Waals surface area contributed by atoms with E-state index < -0.39 is 72.5 Å². The number of ketones is 2. The van der Waals surface area contributed by atoms with Crippen LogP contribution in [0.5, 0.6) is 5.75 Å². The number of hydrogen-bond donors (Lipinski definition) is 11. The van der Waals surface area contributed by atoms with Crippen molar-refractivity contribution in [3.63, 3.8) is 0 Å². The van der Waals surface area contributed by atoms with E-state index in [-0.39, 0.29) is 49.8 Å². The Hall–Kier alpha value is -7.15. The number of aromatic amines is 3. The molecule has 4 amide bonds. The van der Waals surface area contributed by atoms with Crippen LogP contribution >= 0.6 is 0 Å². The number of rotatable bonds is 22. The van der Waals surface area contributed by atoms with Crippen LogP contribution in [0.4, 0.5) is 0 Å². The topological polar surface area (TPSA) is 275 Å². The predicted octanol–water partition coefficient (Wildman–Crippen LogP) is 1.76. The number of hydrazine groups is 1. The average molecular weight is 887 g/mol. The largest absolute Gasteiger partial charge is 0.508 e. The zero-order valence-corrected chi connectivity index (χ0v) is 36.1. The lowest BCUT2D eigenvalue weighted by molar-refractivity contribution is -0.135. The van der Waals surface area contributed by atoms with Gasteiger partial charge in [0.2, 0.25) is 23.6 Å². The third-order valence-corrected chi connectivity index (χ3v) is 11.7. The number of H-pyrrole nitrogens is 3. The second-order valence-corrected chi connectivity index (χ2v) is 16.6. The fraction of sp³-hybridized carbons (Fsp3) is 0.340. The number of Topliss-reactive ketones (excluding diaryl/α,β-unsaturated/α-hetero) is 2. The number of carbonyl (C=O) groups is 6. The van der Waals surface area contributed by atoms with Gasteiger partial charge in [0.15, 0.2) is 11.6 Å². The Labute approximate surface area is 374 Å². The van der Waals surface area contributed by atoms with Gasteiger partial charge >= 0.3 is 0 Å². The number of aromatic hydroxyl groups is 1. The van der Waals surface area contributed by atoms with E-state index in [4.69, 9.17) is 0 Å². The molecule has 0 aliphatic carbocycles. The molecule has 6 aromatic rings. The Bertz CT molecular complexity index is 2640. The number of aliphatic hydroxyl groups excluding tert-OH is 1. The van der Waals surface area contributed by atoms with Crippen LogP contribution in [0.2, 0.25) is 0 Å². The highest BCUT2D eigenvalue weighted by Gasteiger charge is 2.34. The number of hydrogen-bond acceptors (Lipinski definition) is 11. The second kappa shape index (κ2) is 21.0. The summed E-state index contributed by atoms with van der Waals surface area (Å²) < 4.78 is 0. The molecular weight excluding hydrogens is 833 g/mol. The third kappa shape index (κ3) is 11.7. The minimum atomic E-state index is -1.52. The highest BCUT2D eigenvalue weighted by atomic mass is 16.3. The van der Waals surface area contributed by atoms with Crippen LogP contribution < -0.4 is 32.1 Å². The fourth-order valence-electron chi connectivity index (χ4n) is 8.15. The van der Waals surface area contributed by atoms with E-state index in [1.807, 2.05) is 62.4 Å². The Morgan fingerprint density at radius 3 is 2.15 bits per heavy atom. The quantitative estimate of drug-likeness (QED) is 0.0345. The molecule has 3 aromatic carbocycles. The van der Waals surface area contributed by atoms with Crippen molar-refractivity contribution in [2.45, 2.75) is 95.0 Å². The van der Waals surface area contributed by atoms with Gasteiger partial charge in [-0.25, -0.2) is 10.4 Å². The Morgan fingerprint density at radius 2 is 1.45 bits per heavy atom. The maximum absolute atomic E-state index is 14.3. The lowest BCUT2D eigenvalue weighted by atomic mass is 9.97. The number of aromatic nitrogens is 4. The summed E-state index contributed by atoms with van der Waals surface area (Å²) in [6.07, 6.45) is 5.14. The van der Waals surface area contributed by atoms with Crippen LogP contribution in [0.25, 0.3) is 21.8 Å². The number of aryl methyl sites for hydroxylation is 1. The molecule has 6 atom stereocenters. The monoisotopic (exact) mass is 886 g/mol. The molecule has 1 aliphatic rings. The molecular formula is C47H54N10O8. The molecule has 18 nitrogen and oxygen atoms in total. The van der Waals surface area contributed by atoms with Crippen LogP contribution in [0, 0.1) is 6.92 Å². The number of nitrogens with one attached hydrogen (secondary N) is 9. The van der Waals surface area contributed by atoms with Gasteiger partial charge in [0, 0.05) is 65.2 Å². The minimum Gasteiger partial charge on any atom is -0.508 e. The SMILES string of the molecule is Cc1[nH]c2ccccc2c1CC(C)NN[C@@H](Cc1ccc(O)cc1)C(=O)N[C@@H](CO)C(=O)N[C@@H](Cc1c[nH]c2ccccc12)C(=O)N[C@@H](Cc1c[nH]cn1)C(=O)CC(=O)C1CCC(=O)N1. The molecule has 340 valence electrons. The zero-order chi connectivity index (χ0) is 46.0. The number of benzene rings is 3. The summed E-state index contributed by atoms with van der Waals surface area (Å²) in [4.78, 5) is 94.7. The van der Waals surface area contributed by atoms with Crippen LogP contribution in [-0.4, -0.2) is 108 Å². The van der Waals surface area contributed by atoms with E-state index in [9.17, 15) is 39.0 Å². The number of amides is 4. The Balaban J connectivity index is 1.08. The molecule has 0 radical (unpaired) electrons. The second-order valence-electron chi connectivity index (χ2n) is 16.6. The number of carbonyl (C=O) groups excluding carboxylic acids is 6. The number of phenolic OH excluding ortho intramolecular Hbond substituents is 1. The third-order valence-electron chi connectivity index (χ3n) is 11.7. The van der Waals surface area contributed by atoms with Gasteiger partial charge in [-0.2, -0.15) is 0 Å². The van der Waals surface area contributed by atoms with E-state index in [1.54, 1.807) is 24.5 Å². The van der Waals surface area contributed by atoms with Crippen molar-refractivity contribution in [2.24, 2.45) is 0 Å². The fourth-order valence-corrected chi connectivity index (χ4v) is 8.15. The molecule has 0 spiro atoms. The first-order valence-corrected chi connectivity index (χ1v) is 21.6. The summed E-state index contributed by atoms with van der Waals surface area (Å²) >= 11 is 0. The highest BCUT2D eigenvalue weighted by Crippen LogP contribution is 2.24. The summed E-state index contributed by atoms with van der Waals surface area (Å²) in [6, 6.07) is 15.7. The van der Waals surface area contributed by atoms with Gasteiger partial charge in [0.05, 0.1) is 37.1 Å². The van der Waals surface area contributed by atoms with Gasteiger partial charge < -0.3 is 46.4 Å². The van der Waals surface area contributed by atoms with E-state index in [0.717, 1.165) is 33.1 Å². The number of para-hydroxylation sites is 2. The molecule has 7 rings (SSSR count). The normalized spacial score (nSPS) is 16.0. The summed E-state index contributed by atoms with van der Waals surface area (Å²) in [5.74, 6) is -3.61. The average Bonchev–Trinajstić information content (AvgIpc) is 4.12. The van der Waals surface area contributed by atoms with Crippen molar-refractivity contribution in [2.75, 3.05) is 6.61 Å². The molecule has 1 aliphatic heterocycles. The van der Waals surface area contributed by atoms with Crippen LogP contribution in [0.1, 0.15) is 54.3 Å². The van der Waals surface area contributed by atoms with Gasteiger partial charge in [-0.3, -0.25) is 34.2 Å². The molecule has 18 heteroatoms. The predicted molar refractivity (Wildman–Crippen MR) is 241 cm³/mol. The number of phenols is 1.